The molecule has 2 aromatic rings. The number of methoxy groups -OCH3 is 2. The van der Waals surface area contributed by atoms with Crippen LogP contribution in [0.1, 0.15) is 37.8 Å². The number of rotatable bonds is 7. The molecule has 0 radical (unpaired) electrons. The van der Waals surface area contributed by atoms with Crippen LogP contribution < -0.4 is 19.5 Å². The highest BCUT2D eigenvalue weighted by Crippen LogP contribution is 2.36. The van der Waals surface area contributed by atoms with Gasteiger partial charge in [-0.25, -0.2) is 0 Å². The van der Waals surface area contributed by atoms with E-state index in [4.69, 9.17) is 25.8 Å². The summed E-state index contributed by atoms with van der Waals surface area (Å²) in [6.45, 7) is 7.88. The average Bonchev–Trinajstić information content (AvgIpc) is 2.62. The van der Waals surface area contributed by atoms with Crippen LogP contribution in [0.5, 0.6) is 17.2 Å². The number of hydrogen-bond acceptors (Lipinski definition) is 4. The Kier molecular flexibility index (Phi) is 6.97. The molecule has 0 aliphatic rings. The summed E-state index contributed by atoms with van der Waals surface area (Å²) in [6, 6.07) is 9.24. The van der Waals surface area contributed by atoms with E-state index >= 15 is 0 Å². The second-order valence-corrected chi connectivity index (χ2v) is 7.04. The van der Waals surface area contributed by atoms with Crippen LogP contribution in [0.25, 0.3) is 0 Å². The maximum absolute atomic E-state index is 12.7. The molecule has 0 saturated carbocycles. The fourth-order valence-electron chi connectivity index (χ4n) is 2.66. The lowest BCUT2D eigenvalue weighted by Crippen LogP contribution is -2.30. The molecule has 0 saturated heterocycles. The van der Waals surface area contributed by atoms with Crippen LogP contribution >= 0.6 is 11.6 Å². The lowest BCUT2D eigenvalue weighted by atomic mass is 10.0. The summed E-state index contributed by atoms with van der Waals surface area (Å²) < 4.78 is 16.5. The Morgan fingerprint density at radius 3 is 2.26 bits per heavy atom. The maximum atomic E-state index is 12.7. The molecule has 0 bridgehead atoms. The van der Waals surface area contributed by atoms with Gasteiger partial charge in [0.1, 0.15) is 17.2 Å². The van der Waals surface area contributed by atoms with Crippen molar-refractivity contribution in [3.05, 3.63) is 46.5 Å². The molecule has 0 fully saturated rings. The first-order chi connectivity index (χ1) is 12.8. The number of carbonyl (C=O) groups excluding carboxylic acids is 1. The van der Waals surface area contributed by atoms with E-state index in [0.717, 1.165) is 11.1 Å². The van der Waals surface area contributed by atoms with Crippen LogP contribution in [0, 0.1) is 6.92 Å². The van der Waals surface area contributed by atoms with Crippen molar-refractivity contribution in [2.24, 2.45) is 0 Å². The van der Waals surface area contributed by atoms with Crippen LogP contribution in [0.2, 0.25) is 5.02 Å². The number of halogens is 1. The van der Waals surface area contributed by atoms with Crippen molar-refractivity contribution in [1.82, 2.24) is 0 Å². The van der Waals surface area contributed by atoms with E-state index in [0.29, 0.717) is 28.0 Å². The molecular weight excluding hydrogens is 366 g/mol. The Hall–Kier alpha value is -2.40. The van der Waals surface area contributed by atoms with Crippen LogP contribution in [0.4, 0.5) is 5.69 Å². The summed E-state index contributed by atoms with van der Waals surface area (Å²) in [4.78, 5) is 12.7. The van der Waals surface area contributed by atoms with E-state index in [1.807, 2.05) is 25.1 Å². The molecule has 0 aromatic heterocycles. The number of hydrogen-bond donors (Lipinski definition) is 1. The molecule has 0 aliphatic carbocycles. The third kappa shape index (κ3) is 5.07. The minimum Gasteiger partial charge on any atom is -0.495 e. The van der Waals surface area contributed by atoms with Gasteiger partial charge in [-0.15, -0.1) is 0 Å². The Morgan fingerprint density at radius 2 is 1.67 bits per heavy atom. The number of nitrogens with one attached hydrogen (secondary N) is 1. The van der Waals surface area contributed by atoms with Gasteiger partial charge in [0.2, 0.25) is 0 Å². The fourth-order valence-corrected chi connectivity index (χ4v) is 2.89. The molecule has 0 unspecified atom stereocenters. The molecule has 0 heterocycles. The number of ether oxygens (including phenoxy) is 3. The normalized spacial score (nSPS) is 11.9. The predicted molar refractivity (Wildman–Crippen MR) is 109 cm³/mol. The number of amides is 1. The molecule has 0 spiro atoms. The van der Waals surface area contributed by atoms with Gasteiger partial charge in [-0.2, -0.15) is 0 Å². The maximum Gasteiger partial charge on any atom is 0.265 e. The van der Waals surface area contributed by atoms with Gasteiger partial charge < -0.3 is 19.5 Å². The van der Waals surface area contributed by atoms with Gasteiger partial charge in [0, 0.05) is 12.1 Å². The lowest BCUT2D eigenvalue weighted by molar-refractivity contribution is -0.122. The second kappa shape index (κ2) is 9.00. The van der Waals surface area contributed by atoms with Crippen LogP contribution in [-0.4, -0.2) is 26.2 Å². The van der Waals surface area contributed by atoms with Gasteiger partial charge in [-0.05, 0) is 37.0 Å². The van der Waals surface area contributed by atoms with E-state index in [1.54, 1.807) is 19.1 Å². The number of carbonyl (C=O) groups is 1. The van der Waals surface area contributed by atoms with Gasteiger partial charge in [-0.1, -0.05) is 37.6 Å². The quantitative estimate of drug-likeness (QED) is 0.705. The highest BCUT2D eigenvalue weighted by Gasteiger charge is 2.20. The summed E-state index contributed by atoms with van der Waals surface area (Å²) in [5.74, 6) is 1.60. The molecule has 0 aliphatic heterocycles. The molecule has 1 atom stereocenters. The minimum atomic E-state index is -0.698. The first-order valence-electron chi connectivity index (χ1n) is 8.76. The Morgan fingerprint density at radius 1 is 1.00 bits per heavy atom. The zero-order chi connectivity index (χ0) is 20.1. The van der Waals surface area contributed by atoms with Crippen LogP contribution in [0.15, 0.2) is 30.3 Å². The van der Waals surface area contributed by atoms with E-state index in [-0.39, 0.29) is 11.8 Å². The Labute approximate surface area is 165 Å². The summed E-state index contributed by atoms with van der Waals surface area (Å²) in [6.07, 6.45) is -0.698. The van der Waals surface area contributed by atoms with Crippen LogP contribution in [-0.2, 0) is 4.79 Å². The zero-order valence-corrected chi connectivity index (χ0v) is 17.3. The predicted octanol–water partition coefficient (Wildman–Crippen LogP) is 5.20. The second-order valence-electron chi connectivity index (χ2n) is 6.63. The molecule has 146 valence electrons. The van der Waals surface area contributed by atoms with E-state index in [9.17, 15) is 4.79 Å². The van der Waals surface area contributed by atoms with Gasteiger partial charge >= 0.3 is 0 Å². The summed E-state index contributed by atoms with van der Waals surface area (Å²) >= 11 is 6.11. The molecule has 2 aromatic carbocycles. The fraction of sp³-hybridized carbons (Fsp3) is 0.381. The molecule has 1 N–H and O–H groups in total. The minimum absolute atomic E-state index is 0.288. The van der Waals surface area contributed by atoms with E-state index in [2.05, 4.69) is 19.2 Å². The molecule has 27 heavy (non-hydrogen) atoms. The Balaban J connectivity index is 2.21. The van der Waals surface area contributed by atoms with Crippen molar-refractivity contribution in [3.8, 4) is 17.2 Å². The molecular formula is C21H26ClNO4. The van der Waals surface area contributed by atoms with Crippen molar-refractivity contribution in [2.75, 3.05) is 19.5 Å². The van der Waals surface area contributed by atoms with Gasteiger partial charge in [0.15, 0.2) is 6.10 Å². The summed E-state index contributed by atoms with van der Waals surface area (Å²) in [5.41, 5.74) is 2.60. The van der Waals surface area contributed by atoms with Crippen molar-refractivity contribution in [2.45, 2.75) is 39.7 Å². The highest BCUT2D eigenvalue weighted by atomic mass is 35.5. The number of aryl methyl sites for hydroxylation is 1. The molecule has 2 rings (SSSR count). The first kappa shape index (κ1) is 20.9. The SMILES string of the molecule is COc1cc(NC(=O)[C@H](C)Oc2cc(C)ccc2C(C)C)c(OC)cc1Cl. The van der Waals surface area contributed by atoms with Gasteiger partial charge in [-0.3, -0.25) is 4.79 Å². The van der Waals surface area contributed by atoms with Gasteiger partial charge in [0.05, 0.1) is 24.9 Å². The van der Waals surface area contributed by atoms with E-state index in [1.165, 1.54) is 14.2 Å². The summed E-state index contributed by atoms with van der Waals surface area (Å²) in [7, 11) is 3.02. The zero-order valence-electron chi connectivity index (χ0n) is 16.6. The summed E-state index contributed by atoms with van der Waals surface area (Å²) in [5, 5.41) is 3.22. The Bertz CT molecular complexity index is 820. The number of benzene rings is 2. The smallest absolute Gasteiger partial charge is 0.265 e. The largest absolute Gasteiger partial charge is 0.495 e. The molecule has 5 nitrogen and oxygen atoms in total. The standard InChI is InChI=1S/C21H26ClNO4/c1-12(2)15-8-7-13(3)9-18(15)27-14(4)21(24)23-17-11-19(25-5)16(22)10-20(17)26-6/h7-12,14H,1-6H3,(H,23,24)/t14-/m0/s1. The van der Waals surface area contributed by atoms with Crippen molar-refractivity contribution >= 4 is 23.2 Å². The first-order valence-corrected chi connectivity index (χ1v) is 9.14. The van der Waals surface area contributed by atoms with Gasteiger partial charge in [0.25, 0.3) is 5.91 Å². The van der Waals surface area contributed by atoms with Crippen LogP contribution in [0.3, 0.4) is 0 Å². The average molecular weight is 392 g/mol. The molecule has 1 amide bonds. The van der Waals surface area contributed by atoms with E-state index < -0.39 is 6.10 Å². The lowest BCUT2D eigenvalue weighted by Gasteiger charge is -2.20. The third-order valence-corrected chi connectivity index (χ3v) is 4.49. The van der Waals surface area contributed by atoms with Crippen molar-refractivity contribution < 1.29 is 19.0 Å². The van der Waals surface area contributed by atoms with Crippen molar-refractivity contribution in [1.29, 1.82) is 0 Å². The van der Waals surface area contributed by atoms with Crippen molar-refractivity contribution in [3.63, 3.8) is 0 Å². The highest BCUT2D eigenvalue weighted by molar-refractivity contribution is 6.32. The third-order valence-electron chi connectivity index (χ3n) is 4.20. The molecule has 6 heteroatoms. The number of anilines is 1. The topological polar surface area (TPSA) is 56.8 Å². The monoisotopic (exact) mass is 391 g/mol.